The average Bonchev–Trinajstić information content (AvgIpc) is 3.24. The van der Waals surface area contributed by atoms with Gasteiger partial charge in [0.15, 0.2) is 11.6 Å². The zero-order valence-electron chi connectivity index (χ0n) is 12.1. The summed E-state index contributed by atoms with van der Waals surface area (Å²) in [5.41, 5.74) is 1.48. The SMILES string of the molecule is Fc1ccccc1-c1oncc1-c1nnnn1-c1ccc(Cl)cc1. The fraction of sp³-hybridized carbons (Fsp3) is 0. The first-order valence-electron chi connectivity index (χ1n) is 6.98. The molecule has 0 atom stereocenters. The van der Waals surface area contributed by atoms with Crippen LogP contribution in [0.3, 0.4) is 0 Å². The van der Waals surface area contributed by atoms with Crippen molar-refractivity contribution in [2.45, 2.75) is 0 Å². The van der Waals surface area contributed by atoms with Gasteiger partial charge < -0.3 is 4.52 Å². The molecular formula is C16H9ClFN5O. The second-order valence-corrected chi connectivity index (χ2v) is 5.38. The molecule has 0 radical (unpaired) electrons. The minimum atomic E-state index is -0.416. The molecule has 0 aliphatic rings. The van der Waals surface area contributed by atoms with Crippen LogP contribution < -0.4 is 0 Å². The van der Waals surface area contributed by atoms with Gasteiger partial charge in [-0.05, 0) is 46.8 Å². The maximum absolute atomic E-state index is 14.1. The Morgan fingerprint density at radius 3 is 2.58 bits per heavy atom. The molecule has 0 saturated heterocycles. The van der Waals surface area contributed by atoms with Gasteiger partial charge in [0.25, 0.3) is 0 Å². The van der Waals surface area contributed by atoms with E-state index >= 15 is 0 Å². The zero-order valence-corrected chi connectivity index (χ0v) is 12.9. The van der Waals surface area contributed by atoms with E-state index in [9.17, 15) is 4.39 Å². The molecule has 0 saturated carbocycles. The molecule has 2 aromatic heterocycles. The van der Waals surface area contributed by atoms with Crippen molar-refractivity contribution in [3.8, 4) is 28.4 Å². The van der Waals surface area contributed by atoms with Crippen molar-refractivity contribution < 1.29 is 8.91 Å². The van der Waals surface area contributed by atoms with E-state index in [4.69, 9.17) is 16.1 Å². The van der Waals surface area contributed by atoms with Gasteiger partial charge in [-0.2, -0.15) is 4.68 Å². The lowest BCUT2D eigenvalue weighted by Crippen LogP contribution is -2.00. The molecule has 4 aromatic rings. The minimum absolute atomic E-state index is 0.262. The van der Waals surface area contributed by atoms with Crippen LogP contribution in [0.2, 0.25) is 5.02 Å². The standard InChI is InChI=1S/C16H9ClFN5O/c17-10-5-7-11(8-6-10)23-16(20-21-22-23)13-9-19-24-15(13)12-3-1-2-4-14(12)18/h1-9H. The molecule has 0 N–H and O–H groups in total. The molecule has 0 aliphatic heterocycles. The molecule has 6 nitrogen and oxygen atoms in total. The molecule has 0 unspecified atom stereocenters. The van der Waals surface area contributed by atoms with E-state index in [1.165, 1.54) is 16.9 Å². The van der Waals surface area contributed by atoms with Crippen LogP contribution in [-0.4, -0.2) is 25.4 Å². The fourth-order valence-corrected chi connectivity index (χ4v) is 2.48. The number of tetrazole rings is 1. The molecule has 24 heavy (non-hydrogen) atoms. The highest BCUT2D eigenvalue weighted by atomic mass is 35.5. The highest BCUT2D eigenvalue weighted by molar-refractivity contribution is 6.30. The van der Waals surface area contributed by atoms with Crippen molar-refractivity contribution >= 4 is 11.6 Å². The van der Waals surface area contributed by atoms with Crippen molar-refractivity contribution in [1.29, 1.82) is 0 Å². The van der Waals surface area contributed by atoms with Crippen LogP contribution >= 0.6 is 11.6 Å². The van der Waals surface area contributed by atoms with E-state index in [0.717, 1.165) is 0 Å². The van der Waals surface area contributed by atoms with E-state index in [0.29, 0.717) is 22.1 Å². The quantitative estimate of drug-likeness (QED) is 0.567. The van der Waals surface area contributed by atoms with E-state index in [1.807, 2.05) is 0 Å². The Morgan fingerprint density at radius 1 is 1.00 bits per heavy atom. The summed E-state index contributed by atoms with van der Waals surface area (Å²) >= 11 is 5.91. The van der Waals surface area contributed by atoms with Gasteiger partial charge >= 0.3 is 0 Å². The zero-order chi connectivity index (χ0) is 16.5. The molecule has 118 valence electrons. The summed E-state index contributed by atoms with van der Waals surface area (Å²) in [6.45, 7) is 0. The van der Waals surface area contributed by atoms with Gasteiger partial charge in [0.05, 0.1) is 23.0 Å². The lowest BCUT2D eigenvalue weighted by molar-refractivity contribution is 0.430. The number of halogens is 2. The van der Waals surface area contributed by atoms with Crippen LogP contribution in [0.1, 0.15) is 0 Å². The fourth-order valence-electron chi connectivity index (χ4n) is 2.35. The molecule has 0 amide bonds. The van der Waals surface area contributed by atoms with Gasteiger partial charge in [-0.1, -0.05) is 28.9 Å². The number of nitrogens with zero attached hydrogens (tertiary/aromatic N) is 5. The van der Waals surface area contributed by atoms with Crippen LogP contribution in [-0.2, 0) is 0 Å². The van der Waals surface area contributed by atoms with Gasteiger partial charge in [-0.25, -0.2) is 4.39 Å². The second kappa shape index (κ2) is 5.86. The third-order valence-corrected chi connectivity index (χ3v) is 3.72. The minimum Gasteiger partial charge on any atom is -0.355 e. The van der Waals surface area contributed by atoms with Gasteiger partial charge in [0.2, 0.25) is 0 Å². The summed E-state index contributed by atoms with van der Waals surface area (Å²) in [6, 6.07) is 13.3. The van der Waals surface area contributed by atoms with Crippen molar-refractivity contribution in [3.63, 3.8) is 0 Å². The van der Waals surface area contributed by atoms with Crippen LogP contribution in [0, 0.1) is 5.82 Å². The Balaban J connectivity index is 1.85. The lowest BCUT2D eigenvalue weighted by Gasteiger charge is -2.05. The number of hydrogen-bond donors (Lipinski definition) is 0. The predicted octanol–water partition coefficient (Wildman–Crippen LogP) is 3.78. The molecule has 2 heterocycles. The Morgan fingerprint density at radius 2 is 1.79 bits per heavy atom. The molecular weight excluding hydrogens is 333 g/mol. The Kier molecular flexibility index (Phi) is 3.55. The molecule has 0 spiro atoms. The first kappa shape index (κ1) is 14.5. The van der Waals surface area contributed by atoms with E-state index in [2.05, 4.69) is 20.7 Å². The third-order valence-electron chi connectivity index (χ3n) is 3.47. The Bertz CT molecular complexity index is 996. The van der Waals surface area contributed by atoms with Crippen LogP contribution in [0.15, 0.2) is 59.3 Å². The number of aromatic nitrogens is 5. The summed E-state index contributed by atoms with van der Waals surface area (Å²) < 4.78 is 20.8. The Hall–Kier alpha value is -3.06. The van der Waals surface area contributed by atoms with Crippen LogP contribution in [0.5, 0.6) is 0 Å². The summed E-state index contributed by atoms with van der Waals surface area (Å²) in [5, 5.41) is 16.1. The smallest absolute Gasteiger partial charge is 0.192 e. The topological polar surface area (TPSA) is 69.6 Å². The first-order chi connectivity index (χ1) is 11.7. The average molecular weight is 342 g/mol. The number of benzene rings is 2. The van der Waals surface area contributed by atoms with Crippen molar-refractivity contribution in [1.82, 2.24) is 25.4 Å². The molecule has 0 fully saturated rings. The molecule has 8 heteroatoms. The molecule has 2 aromatic carbocycles. The normalized spacial score (nSPS) is 10.9. The van der Waals surface area contributed by atoms with Crippen LogP contribution in [0.25, 0.3) is 28.4 Å². The lowest BCUT2D eigenvalue weighted by atomic mass is 10.1. The number of rotatable bonds is 3. The van der Waals surface area contributed by atoms with Crippen molar-refractivity contribution in [3.05, 3.63) is 65.6 Å². The summed E-state index contributed by atoms with van der Waals surface area (Å²) in [5.74, 6) is 0.232. The van der Waals surface area contributed by atoms with Gasteiger partial charge in [-0.15, -0.1) is 5.10 Å². The predicted molar refractivity (Wildman–Crippen MR) is 85.1 cm³/mol. The number of hydrogen-bond acceptors (Lipinski definition) is 5. The van der Waals surface area contributed by atoms with Gasteiger partial charge in [0.1, 0.15) is 5.82 Å². The van der Waals surface area contributed by atoms with Gasteiger partial charge in [-0.3, -0.25) is 0 Å². The van der Waals surface area contributed by atoms with E-state index in [-0.39, 0.29) is 11.3 Å². The van der Waals surface area contributed by atoms with Crippen LogP contribution in [0.4, 0.5) is 4.39 Å². The van der Waals surface area contributed by atoms with Crippen molar-refractivity contribution in [2.75, 3.05) is 0 Å². The molecule has 4 rings (SSSR count). The second-order valence-electron chi connectivity index (χ2n) is 4.94. The maximum atomic E-state index is 14.1. The van der Waals surface area contributed by atoms with E-state index in [1.54, 1.807) is 42.5 Å². The van der Waals surface area contributed by atoms with Crippen molar-refractivity contribution in [2.24, 2.45) is 0 Å². The van der Waals surface area contributed by atoms with E-state index < -0.39 is 5.82 Å². The Labute approximate surface area is 140 Å². The molecule has 0 bridgehead atoms. The first-order valence-corrected chi connectivity index (χ1v) is 7.36. The highest BCUT2D eigenvalue weighted by Crippen LogP contribution is 2.32. The summed E-state index contributed by atoms with van der Waals surface area (Å²) in [4.78, 5) is 0. The third kappa shape index (κ3) is 2.44. The highest BCUT2D eigenvalue weighted by Gasteiger charge is 2.21. The summed E-state index contributed by atoms with van der Waals surface area (Å²) in [6.07, 6.45) is 1.46. The van der Waals surface area contributed by atoms with Gasteiger partial charge in [0, 0.05) is 5.02 Å². The molecule has 0 aliphatic carbocycles. The monoisotopic (exact) mass is 341 g/mol. The summed E-state index contributed by atoms with van der Waals surface area (Å²) in [7, 11) is 0. The largest absolute Gasteiger partial charge is 0.355 e. The maximum Gasteiger partial charge on any atom is 0.192 e.